The topological polar surface area (TPSA) is 83.6 Å². The molecule has 1 atom stereocenters. The number of nitrogens with zero attached hydrogens (tertiary/aromatic N) is 4. The number of morpholine rings is 1. The highest BCUT2D eigenvalue weighted by Crippen LogP contribution is 2.38. The monoisotopic (exact) mass is 469 g/mol. The third kappa shape index (κ3) is 3.80. The average Bonchev–Trinajstić information content (AvgIpc) is 3.37. The first-order valence-electron chi connectivity index (χ1n) is 11.8. The Hall–Kier alpha value is -3.91. The zero-order chi connectivity index (χ0) is 23.9. The van der Waals surface area contributed by atoms with Crippen molar-refractivity contribution in [1.82, 2.24) is 15.0 Å². The second-order valence-corrected chi connectivity index (χ2v) is 9.10. The molecule has 1 fully saturated rings. The Labute approximate surface area is 203 Å². The van der Waals surface area contributed by atoms with E-state index in [0.29, 0.717) is 31.1 Å². The van der Waals surface area contributed by atoms with E-state index in [9.17, 15) is 4.79 Å². The summed E-state index contributed by atoms with van der Waals surface area (Å²) in [5.74, 6) is 1.28. The number of carbonyl (C=O) groups excluding carboxylic acids is 1. The van der Waals surface area contributed by atoms with Crippen molar-refractivity contribution in [3.05, 3.63) is 71.5 Å². The Morgan fingerprint density at radius 3 is 3.06 bits per heavy atom. The largest absolute Gasteiger partial charge is 0.465 e. The van der Waals surface area contributed by atoms with Crippen molar-refractivity contribution in [3.8, 4) is 11.4 Å². The maximum atomic E-state index is 12.5. The summed E-state index contributed by atoms with van der Waals surface area (Å²) in [5.41, 5.74) is 5.63. The van der Waals surface area contributed by atoms with Crippen LogP contribution in [0.15, 0.2) is 54.9 Å². The number of aromatic amines is 1. The summed E-state index contributed by atoms with van der Waals surface area (Å²) < 4.78 is 10.9. The lowest BCUT2D eigenvalue weighted by molar-refractivity contribution is 0.0599. The van der Waals surface area contributed by atoms with E-state index < -0.39 is 0 Å². The lowest BCUT2D eigenvalue weighted by Crippen LogP contribution is -2.55. The van der Waals surface area contributed by atoms with Crippen LogP contribution in [0, 0.1) is 6.92 Å². The summed E-state index contributed by atoms with van der Waals surface area (Å²) >= 11 is 0. The van der Waals surface area contributed by atoms with Crippen molar-refractivity contribution in [2.45, 2.75) is 19.5 Å². The van der Waals surface area contributed by atoms with E-state index in [0.717, 1.165) is 52.2 Å². The van der Waals surface area contributed by atoms with Crippen LogP contribution in [0.5, 0.6) is 0 Å². The number of esters is 1. The van der Waals surface area contributed by atoms with E-state index in [4.69, 9.17) is 19.4 Å². The van der Waals surface area contributed by atoms with Gasteiger partial charge in [-0.2, -0.15) is 0 Å². The number of aromatic nitrogens is 3. The number of anilines is 2. The quantitative estimate of drug-likeness (QED) is 0.453. The van der Waals surface area contributed by atoms with E-state index in [2.05, 4.69) is 39.0 Å². The van der Waals surface area contributed by atoms with Gasteiger partial charge >= 0.3 is 5.97 Å². The maximum absolute atomic E-state index is 12.5. The number of methoxy groups -OCH3 is 1. The van der Waals surface area contributed by atoms with Crippen molar-refractivity contribution in [1.29, 1.82) is 0 Å². The highest BCUT2D eigenvalue weighted by atomic mass is 16.5. The van der Waals surface area contributed by atoms with Gasteiger partial charge in [0.25, 0.3) is 0 Å². The number of rotatable bonds is 4. The number of hydrogen-bond acceptors (Lipinski definition) is 7. The van der Waals surface area contributed by atoms with Gasteiger partial charge in [0.15, 0.2) is 11.6 Å². The highest BCUT2D eigenvalue weighted by Gasteiger charge is 2.35. The van der Waals surface area contributed by atoms with Crippen LogP contribution in [0.1, 0.15) is 21.5 Å². The Balaban J connectivity index is 1.43. The second kappa shape index (κ2) is 8.70. The van der Waals surface area contributed by atoms with E-state index in [-0.39, 0.29) is 12.0 Å². The standard InChI is InChI=1S/C27H27N5O3/c1-17-6-7-20(27(33)34-2)18(12-17)14-31-15-19-16-35-11-10-32(19)26-24(31)13-29-25(30-26)22-4-3-5-23-21(22)8-9-28-23/h3-9,12-13,19,28H,10-11,14-16H2,1-2H3/t19-/m1/s1. The molecular weight excluding hydrogens is 442 g/mol. The number of hydrogen-bond donors (Lipinski definition) is 1. The number of carbonyl (C=O) groups is 1. The number of benzene rings is 2. The summed E-state index contributed by atoms with van der Waals surface area (Å²) in [6.45, 7) is 5.45. The normalized spacial score (nSPS) is 17.3. The second-order valence-electron chi connectivity index (χ2n) is 9.10. The van der Waals surface area contributed by atoms with E-state index in [1.807, 2.05) is 37.5 Å². The molecule has 6 rings (SSSR count). The molecule has 0 saturated carbocycles. The molecule has 2 aliphatic heterocycles. The molecule has 0 unspecified atom stereocenters. The first kappa shape index (κ1) is 21.6. The van der Waals surface area contributed by atoms with Crippen molar-refractivity contribution < 1.29 is 14.3 Å². The first-order valence-corrected chi connectivity index (χ1v) is 11.8. The van der Waals surface area contributed by atoms with Crippen LogP contribution in [0.4, 0.5) is 11.5 Å². The van der Waals surface area contributed by atoms with Crippen molar-refractivity contribution in [2.75, 3.05) is 43.2 Å². The number of nitrogens with one attached hydrogen (secondary N) is 1. The molecule has 178 valence electrons. The van der Waals surface area contributed by atoms with Gasteiger partial charge in [0.05, 0.1) is 43.8 Å². The minimum absolute atomic E-state index is 0.174. The fraction of sp³-hybridized carbons (Fsp3) is 0.296. The van der Waals surface area contributed by atoms with Crippen LogP contribution in [0.25, 0.3) is 22.3 Å². The van der Waals surface area contributed by atoms with Gasteiger partial charge < -0.3 is 24.3 Å². The Morgan fingerprint density at radius 1 is 1.26 bits per heavy atom. The molecule has 4 heterocycles. The Morgan fingerprint density at radius 2 is 2.17 bits per heavy atom. The molecular formula is C27H27N5O3. The summed E-state index contributed by atoms with van der Waals surface area (Å²) in [6, 6.07) is 14.2. The van der Waals surface area contributed by atoms with Crippen LogP contribution in [0.3, 0.4) is 0 Å². The fourth-order valence-corrected chi connectivity index (χ4v) is 5.17. The third-order valence-electron chi connectivity index (χ3n) is 6.88. The number of H-pyrrole nitrogens is 1. The smallest absolute Gasteiger partial charge is 0.338 e. The predicted molar refractivity (Wildman–Crippen MR) is 135 cm³/mol. The Bertz CT molecular complexity index is 1420. The van der Waals surface area contributed by atoms with E-state index >= 15 is 0 Å². The van der Waals surface area contributed by atoms with Crippen molar-refractivity contribution in [3.63, 3.8) is 0 Å². The molecule has 8 nitrogen and oxygen atoms in total. The summed E-state index contributed by atoms with van der Waals surface area (Å²) in [7, 11) is 1.42. The number of fused-ring (bicyclic) bond motifs is 4. The first-order chi connectivity index (χ1) is 17.1. The molecule has 35 heavy (non-hydrogen) atoms. The molecule has 0 radical (unpaired) electrons. The zero-order valence-corrected chi connectivity index (χ0v) is 19.8. The van der Waals surface area contributed by atoms with Gasteiger partial charge in [-0.1, -0.05) is 29.8 Å². The summed E-state index contributed by atoms with van der Waals surface area (Å²) in [4.78, 5) is 30.2. The average molecular weight is 470 g/mol. The predicted octanol–water partition coefficient (Wildman–Crippen LogP) is 3.95. The minimum atomic E-state index is -0.328. The number of aryl methyl sites for hydroxylation is 1. The molecule has 0 bridgehead atoms. The van der Waals surface area contributed by atoms with Crippen LogP contribution >= 0.6 is 0 Å². The minimum Gasteiger partial charge on any atom is -0.465 e. The van der Waals surface area contributed by atoms with Crippen LogP contribution in [-0.4, -0.2) is 60.4 Å². The zero-order valence-electron chi connectivity index (χ0n) is 19.8. The Kier molecular flexibility index (Phi) is 5.37. The number of ether oxygens (including phenoxy) is 2. The van der Waals surface area contributed by atoms with E-state index in [1.54, 1.807) is 0 Å². The molecule has 2 aromatic carbocycles. The molecule has 1 N–H and O–H groups in total. The highest BCUT2D eigenvalue weighted by molar-refractivity contribution is 5.94. The molecule has 0 spiro atoms. The molecule has 0 aliphatic carbocycles. The van der Waals surface area contributed by atoms with Gasteiger partial charge in [-0.05, 0) is 30.7 Å². The van der Waals surface area contributed by atoms with Crippen LogP contribution in [0.2, 0.25) is 0 Å². The molecule has 1 saturated heterocycles. The SMILES string of the molecule is COC(=O)c1ccc(C)cc1CN1C[C@@H]2COCCN2c2nc(-c3cccc4[nH]ccc34)ncc21. The summed E-state index contributed by atoms with van der Waals surface area (Å²) in [6.07, 6.45) is 3.86. The van der Waals surface area contributed by atoms with Crippen molar-refractivity contribution >= 4 is 28.4 Å². The van der Waals surface area contributed by atoms with Crippen LogP contribution < -0.4 is 9.80 Å². The molecule has 2 aromatic heterocycles. The third-order valence-corrected chi connectivity index (χ3v) is 6.88. The maximum Gasteiger partial charge on any atom is 0.338 e. The molecule has 2 aliphatic rings. The lowest BCUT2D eigenvalue weighted by atomic mass is 10.0. The van der Waals surface area contributed by atoms with E-state index in [1.165, 1.54) is 7.11 Å². The van der Waals surface area contributed by atoms with Gasteiger partial charge in [-0.25, -0.2) is 14.8 Å². The lowest BCUT2D eigenvalue weighted by Gasteiger charge is -2.45. The summed E-state index contributed by atoms with van der Waals surface area (Å²) in [5, 5.41) is 1.10. The van der Waals surface area contributed by atoms with Gasteiger partial charge in [0, 0.05) is 42.3 Å². The van der Waals surface area contributed by atoms with Crippen LogP contribution in [-0.2, 0) is 16.0 Å². The fourth-order valence-electron chi connectivity index (χ4n) is 5.17. The molecule has 8 heteroatoms. The van der Waals surface area contributed by atoms with Gasteiger partial charge in [0.1, 0.15) is 0 Å². The van der Waals surface area contributed by atoms with Gasteiger partial charge in [0.2, 0.25) is 0 Å². The van der Waals surface area contributed by atoms with Gasteiger partial charge in [-0.3, -0.25) is 0 Å². The molecule has 4 aromatic rings. The van der Waals surface area contributed by atoms with Gasteiger partial charge in [-0.15, -0.1) is 0 Å². The van der Waals surface area contributed by atoms with Crippen molar-refractivity contribution in [2.24, 2.45) is 0 Å². The molecule has 0 amide bonds.